The molecule has 1 fully saturated rings. The SMILES string of the molecule is Cc1cc(Cl)ccc1NC(=O)C1CSCCN1. The van der Waals surface area contributed by atoms with Gasteiger partial charge in [0.2, 0.25) is 5.91 Å². The van der Waals surface area contributed by atoms with Gasteiger partial charge in [0.05, 0.1) is 6.04 Å². The van der Waals surface area contributed by atoms with Crippen molar-refractivity contribution in [3.8, 4) is 0 Å². The second-order valence-electron chi connectivity index (χ2n) is 4.03. The normalized spacial score (nSPS) is 20.0. The van der Waals surface area contributed by atoms with Crippen LogP contribution in [0.5, 0.6) is 0 Å². The van der Waals surface area contributed by atoms with E-state index < -0.39 is 0 Å². The van der Waals surface area contributed by atoms with E-state index in [1.807, 2.05) is 19.1 Å². The molecule has 1 heterocycles. The third-order valence-corrected chi connectivity index (χ3v) is 3.98. The van der Waals surface area contributed by atoms with Crippen molar-refractivity contribution in [3.63, 3.8) is 0 Å². The third-order valence-electron chi connectivity index (χ3n) is 2.68. The zero-order valence-corrected chi connectivity index (χ0v) is 11.2. The van der Waals surface area contributed by atoms with Gasteiger partial charge in [0.1, 0.15) is 0 Å². The molecule has 3 nitrogen and oxygen atoms in total. The van der Waals surface area contributed by atoms with E-state index in [4.69, 9.17) is 11.6 Å². The lowest BCUT2D eigenvalue weighted by molar-refractivity contribution is -0.117. The summed E-state index contributed by atoms with van der Waals surface area (Å²) in [6, 6.07) is 5.38. The molecule has 1 saturated heterocycles. The summed E-state index contributed by atoms with van der Waals surface area (Å²) in [6.45, 7) is 2.83. The molecule has 1 atom stereocenters. The molecule has 1 aliphatic heterocycles. The van der Waals surface area contributed by atoms with Crippen LogP contribution in [0.15, 0.2) is 18.2 Å². The molecule has 17 heavy (non-hydrogen) atoms. The molecule has 0 aromatic heterocycles. The molecule has 1 unspecified atom stereocenters. The largest absolute Gasteiger partial charge is 0.324 e. The molecule has 0 spiro atoms. The minimum atomic E-state index is -0.0937. The van der Waals surface area contributed by atoms with Gasteiger partial charge in [-0.1, -0.05) is 11.6 Å². The van der Waals surface area contributed by atoms with Gasteiger partial charge in [-0.25, -0.2) is 0 Å². The van der Waals surface area contributed by atoms with E-state index in [1.54, 1.807) is 17.8 Å². The second kappa shape index (κ2) is 5.76. The number of anilines is 1. The average molecular weight is 271 g/mol. The van der Waals surface area contributed by atoms with E-state index in [-0.39, 0.29) is 11.9 Å². The maximum Gasteiger partial charge on any atom is 0.242 e. The lowest BCUT2D eigenvalue weighted by Crippen LogP contribution is -2.46. The molecule has 0 bridgehead atoms. The molecule has 1 amide bonds. The summed E-state index contributed by atoms with van der Waals surface area (Å²) in [4.78, 5) is 12.0. The topological polar surface area (TPSA) is 41.1 Å². The number of hydrogen-bond acceptors (Lipinski definition) is 3. The maximum atomic E-state index is 12.0. The summed E-state index contributed by atoms with van der Waals surface area (Å²) in [5.41, 5.74) is 1.81. The number of hydrogen-bond donors (Lipinski definition) is 2. The second-order valence-corrected chi connectivity index (χ2v) is 5.62. The smallest absolute Gasteiger partial charge is 0.242 e. The van der Waals surface area contributed by atoms with E-state index >= 15 is 0 Å². The lowest BCUT2D eigenvalue weighted by Gasteiger charge is -2.22. The van der Waals surface area contributed by atoms with Crippen LogP contribution < -0.4 is 10.6 Å². The Labute approximate surface area is 110 Å². The van der Waals surface area contributed by atoms with E-state index in [1.165, 1.54) is 0 Å². The molecule has 1 aliphatic rings. The quantitative estimate of drug-likeness (QED) is 0.866. The molecule has 5 heteroatoms. The van der Waals surface area contributed by atoms with Gasteiger partial charge in [0.15, 0.2) is 0 Å². The number of nitrogens with one attached hydrogen (secondary N) is 2. The molecule has 2 N–H and O–H groups in total. The van der Waals surface area contributed by atoms with Crippen molar-refractivity contribution in [1.82, 2.24) is 5.32 Å². The molecular formula is C12H15ClN2OS. The number of rotatable bonds is 2. The first-order valence-corrected chi connectivity index (χ1v) is 7.08. The number of halogens is 1. The number of carbonyl (C=O) groups excluding carboxylic acids is 1. The molecule has 0 radical (unpaired) electrons. The predicted octanol–water partition coefficient (Wildman–Crippen LogP) is 2.29. The van der Waals surface area contributed by atoms with Crippen LogP contribution in [0.25, 0.3) is 0 Å². The highest BCUT2D eigenvalue weighted by molar-refractivity contribution is 7.99. The van der Waals surface area contributed by atoms with Gasteiger partial charge >= 0.3 is 0 Å². The number of amides is 1. The van der Waals surface area contributed by atoms with Crippen molar-refractivity contribution in [2.45, 2.75) is 13.0 Å². The Kier molecular flexibility index (Phi) is 4.31. The molecule has 0 saturated carbocycles. The number of thioether (sulfide) groups is 1. The Morgan fingerprint density at radius 2 is 2.41 bits per heavy atom. The van der Waals surface area contributed by atoms with Crippen LogP contribution in [0, 0.1) is 6.92 Å². The average Bonchev–Trinajstić information content (AvgIpc) is 2.34. The molecule has 2 rings (SSSR count). The highest BCUT2D eigenvalue weighted by Crippen LogP contribution is 2.20. The molecular weight excluding hydrogens is 256 g/mol. The first-order chi connectivity index (χ1) is 8.16. The zero-order chi connectivity index (χ0) is 12.3. The summed E-state index contributed by atoms with van der Waals surface area (Å²) in [7, 11) is 0. The van der Waals surface area contributed by atoms with Crippen LogP contribution >= 0.6 is 23.4 Å². The van der Waals surface area contributed by atoms with Gasteiger partial charge in [0.25, 0.3) is 0 Å². The Balaban J connectivity index is 2.02. The van der Waals surface area contributed by atoms with Crippen molar-refractivity contribution in [2.24, 2.45) is 0 Å². The zero-order valence-electron chi connectivity index (χ0n) is 9.63. The van der Waals surface area contributed by atoms with Crippen molar-refractivity contribution in [1.29, 1.82) is 0 Å². The summed E-state index contributed by atoms with van der Waals surface area (Å²) < 4.78 is 0. The summed E-state index contributed by atoms with van der Waals surface area (Å²) >= 11 is 7.68. The highest BCUT2D eigenvalue weighted by atomic mass is 35.5. The maximum absolute atomic E-state index is 12.0. The fourth-order valence-electron chi connectivity index (χ4n) is 1.72. The van der Waals surface area contributed by atoms with Crippen molar-refractivity contribution >= 4 is 35.0 Å². The number of carbonyl (C=O) groups is 1. The van der Waals surface area contributed by atoms with Gasteiger partial charge in [-0.15, -0.1) is 0 Å². The Hall–Kier alpha value is -0.710. The molecule has 1 aromatic carbocycles. The fourth-order valence-corrected chi connectivity index (χ4v) is 2.88. The van der Waals surface area contributed by atoms with Crippen LogP contribution in [-0.4, -0.2) is 30.0 Å². The van der Waals surface area contributed by atoms with Crippen LogP contribution in [-0.2, 0) is 4.79 Å². The Bertz CT molecular complexity index is 419. The first-order valence-electron chi connectivity index (χ1n) is 5.55. The van der Waals surface area contributed by atoms with Gasteiger partial charge in [-0.3, -0.25) is 4.79 Å². The number of benzene rings is 1. The standard InChI is InChI=1S/C12H15ClN2OS/c1-8-6-9(13)2-3-10(8)15-12(16)11-7-17-5-4-14-11/h2-3,6,11,14H,4-5,7H2,1H3,(H,15,16). The Morgan fingerprint density at radius 1 is 1.59 bits per heavy atom. The minimum absolute atomic E-state index is 0.0302. The van der Waals surface area contributed by atoms with Crippen LogP contribution in [0.1, 0.15) is 5.56 Å². The van der Waals surface area contributed by atoms with E-state index in [9.17, 15) is 4.79 Å². The van der Waals surface area contributed by atoms with Crippen molar-refractivity contribution < 1.29 is 4.79 Å². The summed E-state index contributed by atoms with van der Waals surface area (Å²) in [5, 5.41) is 6.83. The van der Waals surface area contributed by atoms with E-state index in [2.05, 4.69) is 10.6 Å². The van der Waals surface area contributed by atoms with E-state index in [0.717, 1.165) is 29.3 Å². The molecule has 92 valence electrons. The predicted molar refractivity (Wildman–Crippen MR) is 73.9 cm³/mol. The fraction of sp³-hybridized carbons (Fsp3) is 0.417. The molecule has 0 aliphatic carbocycles. The van der Waals surface area contributed by atoms with E-state index in [0.29, 0.717) is 5.02 Å². The number of aryl methyl sites for hydroxylation is 1. The summed E-state index contributed by atoms with van der Waals surface area (Å²) in [5.74, 6) is 1.94. The van der Waals surface area contributed by atoms with Gasteiger partial charge in [-0.05, 0) is 30.7 Å². The summed E-state index contributed by atoms with van der Waals surface area (Å²) in [6.07, 6.45) is 0. The van der Waals surface area contributed by atoms with Gasteiger partial charge < -0.3 is 10.6 Å². The first kappa shape index (κ1) is 12.7. The Morgan fingerprint density at radius 3 is 3.06 bits per heavy atom. The lowest BCUT2D eigenvalue weighted by atomic mass is 10.2. The minimum Gasteiger partial charge on any atom is -0.324 e. The van der Waals surface area contributed by atoms with Gasteiger partial charge in [0, 0.05) is 28.8 Å². The van der Waals surface area contributed by atoms with Crippen molar-refractivity contribution in [3.05, 3.63) is 28.8 Å². The highest BCUT2D eigenvalue weighted by Gasteiger charge is 2.21. The monoisotopic (exact) mass is 270 g/mol. The van der Waals surface area contributed by atoms with Crippen LogP contribution in [0.4, 0.5) is 5.69 Å². The van der Waals surface area contributed by atoms with Crippen LogP contribution in [0.3, 0.4) is 0 Å². The van der Waals surface area contributed by atoms with Gasteiger partial charge in [-0.2, -0.15) is 11.8 Å². The third kappa shape index (κ3) is 3.37. The van der Waals surface area contributed by atoms with Crippen molar-refractivity contribution in [2.75, 3.05) is 23.4 Å². The van der Waals surface area contributed by atoms with Crippen LogP contribution in [0.2, 0.25) is 5.02 Å². The molecule has 1 aromatic rings.